The largest absolute Gasteiger partial charge is 0.390 e. The molecule has 0 fully saturated rings. The first kappa shape index (κ1) is 16.5. The Balaban J connectivity index is 1.96. The number of alkyl halides is 3. The molecule has 0 bridgehead atoms. The fourth-order valence-electron chi connectivity index (χ4n) is 2.08. The summed E-state index contributed by atoms with van der Waals surface area (Å²) in [5.74, 6) is 0. The normalized spacial score (nSPS) is 13.3. The SMILES string of the molecule is FC(F)(F)CC(NCCc1ccc(Br)s1)c1ccccc1. The van der Waals surface area contributed by atoms with Gasteiger partial charge >= 0.3 is 6.18 Å². The molecule has 114 valence electrons. The molecule has 1 aromatic carbocycles. The van der Waals surface area contributed by atoms with Crippen molar-refractivity contribution < 1.29 is 13.2 Å². The summed E-state index contributed by atoms with van der Waals surface area (Å²) in [6.45, 7) is 0.516. The van der Waals surface area contributed by atoms with Crippen LogP contribution in [-0.2, 0) is 6.42 Å². The van der Waals surface area contributed by atoms with E-state index in [0.717, 1.165) is 15.1 Å². The minimum absolute atomic E-state index is 0.516. The van der Waals surface area contributed by atoms with Crippen molar-refractivity contribution in [1.29, 1.82) is 0 Å². The van der Waals surface area contributed by atoms with Crippen molar-refractivity contribution in [3.8, 4) is 0 Å². The molecular weight excluding hydrogens is 363 g/mol. The Labute approximate surface area is 134 Å². The summed E-state index contributed by atoms with van der Waals surface area (Å²) in [6.07, 6.45) is -4.32. The van der Waals surface area contributed by atoms with E-state index in [0.29, 0.717) is 12.1 Å². The Morgan fingerprint density at radius 3 is 2.38 bits per heavy atom. The van der Waals surface area contributed by atoms with Crippen molar-refractivity contribution in [3.05, 3.63) is 56.7 Å². The maximum absolute atomic E-state index is 12.7. The molecule has 0 aliphatic heterocycles. The van der Waals surface area contributed by atoms with Gasteiger partial charge in [-0.25, -0.2) is 0 Å². The lowest BCUT2D eigenvalue weighted by atomic mass is 10.0. The first-order chi connectivity index (χ1) is 9.94. The Morgan fingerprint density at radius 2 is 1.81 bits per heavy atom. The minimum Gasteiger partial charge on any atom is -0.309 e. The van der Waals surface area contributed by atoms with Crippen molar-refractivity contribution in [2.45, 2.75) is 25.1 Å². The highest BCUT2D eigenvalue weighted by molar-refractivity contribution is 9.11. The lowest BCUT2D eigenvalue weighted by molar-refractivity contribution is -0.140. The maximum atomic E-state index is 12.7. The van der Waals surface area contributed by atoms with Crippen molar-refractivity contribution in [2.75, 3.05) is 6.54 Å². The molecule has 1 unspecified atom stereocenters. The number of nitrogens with one attached hydrogen (secondary N) is 1. The van der Waals surface area contributed by atoms with Crippen molar-refractivity contribution in [2.24, 2.45) is 0 Å². The summed E-state index contributed by atoms with van der Waals surface area (Å²) < 4.78 is 39.1. The zero-order chi connectivity index (χ0) is 15.3. The number of benzene rings is 1. The molecule has 0 amide bonds. The minimum atomic E-state index is -4.18. The second-order valence-corrected chi connectivity index (χ2v) is 7.24. The molecule has 0 spiro atoms. The van der Waals surface area contributed by atoms with Gasteiger partial charge in [0.2, 0.25) is 0 Å². The standard InChI is InChI=1S/C15H15BrF3NS/c16-14-7-6-12(21-14)8-9-20-13(10-15(17,18)19)11-4-2-1-3-5-11/h1-7,13,20H,8-10H2. The molecule has 6 heteroatoms. The van der Waals surface area contributed by atoms with Gasteiger partial charge < -0.3 is 5.32 Å². The van der Waals surface area contributed by atoms with Gasteiger partial charge in [0, 0.05) is 17.5 Å². The molecule has 1 nitrogen and oxygen atoms in total. The second kappa shape index (κ2) is 7.42. The average molecular weight is 378 g/mol. The first-order valence-electron chi connectivity index (χ1n) is 6.53. The fraction of sp³-hybridized carbons (Fsp3) is 0.333. The van der Waals surface area contributed by atoms with Crippen LogP contribution >= 0.6 is 27.3 Å². The Morgan fingerprint density at radius 1 is 1.10 bits per heavy atom. The van der Waals surface area contributed by atoms with Crippen LogP contribution in [0.15, 0.2) is 46.3 Å². The van der Waals surface area contributed by atoms with Crippen molar-refractivity contribution in [1.82, 2.24) is 5.32 Å². The summed E-state index contributed by atoms with van der Waals surface area (Å²) in [5, 5.41) is 3.02. The van der Waals surface area contributed by atoms with E-state index in [1.807, 2.05) is 12.1 Å². The van der Waals surface area contributed by atoms with Gasteiger partial charge in [-0.3, -0.25) is 0 Å². The molecule has 1 atom stereocenters. The lowest BCUT2D eigenvalue weighted by Gasteiger charge is -2.20. The monoisotopic (exact) mass is 377 g/mol. The molecule has 1 heterocycles. The smallest absolute Gasteiger partial charge is 0.309 e. The van der Waals surface area contributed by atoms with Gasteiger partial charge in [-0.2, -0.15) is 13.2 Å². The summed E-state index contributed by atoms with van der Waals surface area (Å²) in [6, 6.07) is 12.0. The number of hydrogen-bond donors (Lipinski definition) is 1. The first-order valence-corrected chi connectivity index (χ1v) is 8.14. The van der Waals surface area contributed by atoms with E-state index in [-0.39, 0.29) is 0 Å². The van der Waals surface area contributed by atoms with Crippen LogP contribution in [0, 0.1) is 0 Å². The Hall–Kier alpha value is -0.850. The van der Waals surface area contributed by atoms with E-state index in [4.69, 9.17) is 0 Å². The van der Waals surface area contributed by atoms with Gasteiger partial charge in [-0.15, -0.1) is 11.3 Å². The molecule has 1 N–H and O–H groups in total. The second-order valence-electron chi connectivity index (χ2n) is 4.69. The zero-order valence-corrected chi connectivity index (χ0v) is 13.6. The van der Waals surface area contributed by atoms with Gasteiger partial charge in [0.15, 0.2) is 0 Å². The lowest BCUT2D eigenvalue weighted by Crippen LogP contribution is -2.28. The maximum Gasteiger partial charge on any atom is 0.390 e. The van der Waals surface area contributed by atoms with Crippen molar-refractivity contribution >= 4 is 27.3 Å². The molecule has 2 aromatic rings. The van der Waals surface area contributed by atoms with E-state index in [1.165, 1.54) is 0 Å². The Bertz CT molecular complexity index is 554. The molecule has 0 saturated carbocycles. The third-order valence-corrected chi connectivity index (χ3v) is 4.71. The highest BCUT2D eigenvalue weighted by Crippen LogP contribution is 2.29. The molecular formula is C15H15BrF3NS. The summed E-state index contributed by atoms with van der Waals surface area (Å²) >= 11 is 4.98. The van der Waals surface area contributed by atoms with Crippen LogP contribution in [0.2, 0.25) is 0 Å². The van der Waals surface area contributed by atoms with E-state index < -0.39 is 18.6 Å². The predicted molar refractivity (Wildman–Crippen MR) is 83.6 cm³/mol. The predicted octanol–water partition coefficient (Wildman–Crippen LogP) is 5.34. The van der Waals surface area contributed by atoms with Crippen LogP contribution < -0.4 is 5.32 Å². The van der Waals surface area contributed by atoms with Crippen LogP contribution in [0.5, 0.6) is 0 Å². The third-order valence-electron chi connectivity index (χ3n) is 3.03. The zero-order valence-electron chi connectivity index (χ0n) is 11.2. The number of thiophene rings is 1. The molecule has 0 aliphatic carbocycles. The molecule has 0 aliphatic rings. The van der Waals surface area contributed by atoms with Crippen LogP contribution in [-0.4, -0.2) is 12.7 Å². The number of rotatable bonds is 6. The van der Waals surface area contributed by atoms with Crippen LogP contribution in [0.25, 0.3) is 0 Å². The molecule has 1 aromatic heterocycles. The Kier molecular flexibility index (Phi) is 5.84. The van der Waals surface area contributed by atoms with E-state index >= 15 is 0 Å². The quantitative estimate of drug-likeness (QED) is 0.716. The molecule has 0 radical (unpaired) electrons. The van der Waals surface area contributed by atoms with E-state index in [2.05, 4.69) is 21.2 Å². The number of halogens is 4. The molecule has 0 saturated heterocycles. The van der Waals surface area contributed by atoms with Crippen LogP contribution in [0.1, 0.15) is 22.9 Å². The van der Waals surface area contributed by atoms with Crippen molar-refractivity contribution in [3.63, 3.8) is 0 Å². The van der Waals surface area contributed by atoms with E-state index in [1.54, 1.807) is 41.7 Å². The summed E-state index contributed by atoms with van der Waals surface area (Å²) in [7, 11) is 0. The number of hydrogen-bond acceptors (Lipinski definition) is 2. The highest BCUT2D eigenvalue weighted by atomic mass is 79.9. The summed E-state index contributed by atoms with van der Waals surface area (Å²) in [5.41, 5.74) is 0.669. The van der Waals surface area contributed by atoms with Gasteiger partial charge in [0.25, 0.3) is 0 Å². The van der Waals surface area contributed by atoms with Gasteiger partial charge in [0.1, 0.15) is 0 Å². The van der Waals surface area contributed by atoms with Gasteiger partial charge in [-0.05, 0) is 40.0 Å². The molecule has 2 rings (SSSR count). The van der Waals surface area contributed by atoms with Gasteiger partial charge in [-0.1, -0.05) is 30.3 Å². The van der Waals surface area contributed by atoms with Crippen LogP contribution in [0.3, 0.4) is 0 Å². The molecule has 21 heavy (non-hydrogen) atoms. The average Bonchev–Trinajstić information content (AvgIpc) is 2.83. The fourth-order valence-corrected chi connectivity index (χ4v) is 3.56. The topological polar surface area (TPSA) is 12.0 Å². The summed E-state index contributed by atoms with van der Waals surface area (Å²) in [4.78, 5) is 1.15. The third kappa shape index (κ3) is 5.80. The van der Waals surface area contributed by atoms with E-state index in [9.17, 15) is 13.2 Å². The van der Waals surface area contributed by atoms with Crippen LogP contribution in [0.4, 0.5) is 13.2 Å². The van der Waals surface area contributed by atoms with Gasteiger partial charge in [0.05, 0.1) is 10.2 Å². The highest BCUT2D eigenvalue weighted by Gasteiger charge is 2.32.